The van der Waals surface area contributed by atoms with Crippen LogP contribution < -0.4 is 25.0 Å². The van der Waals surface area contributed by atoms with Crippen LogP contribution in [0.5, 0.6) is 17.2 Å². The summed E-state index contributed by atoms with van der Waals surface area (Å²) in [5.74, 6) is 0.131. The molecule has 1 heterocycles. The van der Waals surface area contributed by atoms with Gasteiger partial charge in [-0.15, -0.1) is 0 Å². The Morgan fingerprint density at radius 1 is 1.16 bits per heavy atom. The number of fused-ring (bicyclic) bond motifs is 1. The second-order valence-electron chi connectivity index (χ2n) is 6.33. The molecule has 11 heteroatoms. The van der Waals surface area contributed by atoms with Crippen LogP contribution in [-0.2, 0) is 14.3 Å². The summed E-state index contributed by atoms with van der Waals surface area (Å²) >= 11 is 3.35. The van der Waals surface area contributed by atoms with E-state index in [1.165, 1.54) is 6.21 Å². The topological polar surface area (TPSA) is 125 Å². The normalized spacial score (nSPS) is 11.8. The summed E-state index contributed by atoms with van der Waals surface area (Å²) in [6.07, 6.45) is 1.43. The van der Waals surface area contributed by atoms with Crippen LogP contribution in [0.15, 0.2) is 46.0 Å². The van der Waals surface area contributed by atoms with Crippen molar-refractivity contribution >= 4 is 39.9 Å². The van der Waals surface area contributed by atoms with Gasteiger partial charge in [0.25, 0.3) is 11.8 Å². The van der Waals surface area contributed by atoms with Crippen LogP contribution in [-0.4, -0.2) is 50.5 Å². The molecule has 2 amide bonds. The second kappa shape index (κ2) is 11.1. The van der Waals surface area contributed by atoms with E-state index in [0.717, 1.165) is 0 Å². The summed E-state index contributed by atoms with van der Waals surface area (Å²) < 4.78 is 21.2. The lowest BCUT2D eigenvalue weighted by Crippen LogP contribution is -2.34. The van der Waals surface area contributed by atoms with Crippen molar-refractivity contribution in [1.82, 2.24) is 10.7 Å². The Labute approximate surface area is 192 Å². The number of hydrazone groups is 1. The minimum Gasteiger partial charge on any atom is -0.481 e. The van der Waals surface area contributed by atoms with Crippen molar-refractivity contribution < 1.29 is 33.3 Å². The van der Waals surface area contributed by atoms with Crippen molar-refractivity contribution in [3.8, 4) is 17.2 Å². The predicted molar refractivity (Wildman–Crippen MR) is 117 cm³/mol. The zero-order valence-corrected chi connectivity index (χ0v) is 18.6. The Bertz CT molecular complexity index is 1040. The summed E-state index contributed by atoms with van der Waals surface area (Å²) in [6.45, 7) is 1.66. The van der Waals surface area contributed by atoms with Gasteiger partial charge in [0.15, 0.2) is 18.1 Å². The van der Waals surface area contributed by atoms with E-state index in [9.17, 15) is 14.4 Å². The number of rotatable bonds is 9. The van der Waals surface area contributed by atoms with E-state index < -0.39 is 17.8 Å². The zero-order valence-electron chi connectivity index (χ0n) is 17.1. The van der Waals surface area contributed by atoms with Crippen molar-refractivity contribution in [2.75, 3.05) is 26.6 Å². The number of hydrogen-bond acceptors (Lipinski definition) is 8. The summed E-state index contributed by atoms with van der Waals surface area (Å²) in [7, 11) is 0. The molecule has 1 aliphatic rings. The number of ether oxygens (including phenoxy) is 4. The third kappa shape index (κ3) is 6.45. The molecule has 0 fully saturated rings. The minimum absolute atomic E-state index is 0.112. The number of halogens is 1. The number of benzene rings is 2. The number of carbonyl (C=O) groups excluding carboxylic acids is 3. The van der Waals surface area contributed by atoms with Gasteiger partial charge in [-0.2, -0.15) is 5.10 Å². The highest BCUT2D eigenvalue weighted by atomic mass is 79.9. The van der Waals surface area contributed by atoms with E-state index in [1.807, 2.05) is 0 Å². The molecule has 3 rings (SSSR count). The van der Waals surface area contributed by atoms with E-state index in [-0.39, 0.29) is 26.6 Å². The van der Waals surface area contributed by atoms with E-state index in [4.69, 9.17) is 18.9 Å². The average molecular weight is 506 g/mol. The van der Waals surface area contributed by atoms with Gasteiger partial charge in [0.05, 0.1) is 23.8 Å². The van der Waals surface area contributed by atoms with Crippen LogP contribution in [0.4, 0.5) is 0 Å². The average Bonchev–Trinajstić information content (AvgIpc) is 3.25. The maximum atomic E-state index is 12.2. The fourth-order valence-corrected chi connectivity index (χ4v) is 3.08. The molecule has 0 aliphatic carbocycles. The fourth-order valence-electron chi connectivity index (χ4n) is 2.57. The standard InChI is InChI=1S/C21H20BrN3O7/c1-2-29-20(27)11-30-16-5-3-13(7-15(16)22)9-24-25-19(26)10-23-21(28)14-4-6-17-18(8-14)32-12-31-17/h3-9H,2,10-12H2,1H3,(H,23,28)(H,25,26)/b24-9-. The molecule has 0 unspecified atom stereocenters. The molecular weight excluding hydrogens is 486 g/mol. The SMILES string of the molecule is CCOC(=O)COc1ccc(/C=N\NC(=O)CNC(=O)c2ccc3c(c2)OCO3)cc1Br. The molecule has 0 spiro atoms. The van der Waals surface area contributed by atoms with Gasteiger partial charge < -0.3 is 24.3 Å². The number of nitrogens with zero attached hydrogens (tertiary/aromatic N) is 1. The third-order valence-corrected chi connectivity index (χ3v) is 4.67. The molecule has 168 valence electrons. The molecular formula is C21H20BrN3O7. The van der Waals surface area contributed by atoms with Crippen LogP contribution in [0.1, 0.15) is 22.8 Å². The summed E-state index contributed by atoms with van der Waals surface area (Å²) in [5, 5.41) is 6.36. The van der Waals surface area contributed by atoms with Crippen LogP contribution >= 0.6 is 15.9 Å². The van der Waals surface area contributed by atoms with Crippen LogP contribution in [0.2, 0.25) is 0 Å². The summed E-state index contributed by atoms with van der Waals surface area (Å²) in [6, 6.07) is 9.81. The number of carbonyl (C=O) groups is 3. The molecule has 0 bridgehead atoms. The first-order chi connectivity index (χ1) is 15.5. The molecule has 32 heavy (non-hydrogen) atoms. The van der Waals surface area contributed by atoms with Crippen molar-refractivity contribution in [1.29, 1.82) is 0 Å². The van der Waals surface area contributed by atoms with Gasteiger partial charge in [-0.25, -0.2) is 10.2 Å². The van der Waals surface area contributed by atoms with Crippen molar-refractivity contribution in [3.63, 3.8) is 0 Å². The van der Waals surface area contributed by atoms with Crippen molar-refractivity contribution in [2.45, 2.75) is 6.92 Å². The molecule has 0 atom stereocenters. The number of esters is 1. The number of amides is 2. The van der Waals surface area contributed by atoms with Gasteiger partial charge in [-0.1, -0.05) is 0 Å². The Morgan fingerprint density at radius 3 is 2.75 bits per heavy atom. The molecule has 10 nitrogen and oxygen atoms in total. The minimum atomic E-state index is -0.496. The molecule has 2 aromatic rings. The number of hydrogen-bond donors (Lipinski definition) is 2. The first-order valence-corrected chi connectivity index (χ1v) is 10.3. The van der Waals surface area contributed by atoms with E-state index >= 15 is 0 Å². The highest BCUT2D eigenvalue weighted by molar-refractivity contribution is 9.10. The van der Waals surface area contributed by atoms with Gasteiger partial charge in [-0.05, 0) is 64.8 Å². The summed E-state index contributed by atoms with van der Waals surface area (Å²) in [5.41, 5.74) is 3.35. The third-order valence-electron chi connectivity index (χ3n) is 4.05. The lowest BCUT2D eigenvalue weighted by Gasteiger charge is -2.08. The monoisotopic (exact) mass is 505 g/mol. The summed E-state index contributed by atoms with van der Waals surface area (Å²) in [4.78, 5) is 35.5. The smallest absolute Gasteiger partial charge is 0.344 e. The molecule has 0 radical (unpaired) electrons. The van der Waals surface area contributed by atoms with Gasteiger partial charge >= 0.3 is 5.97 Å². The Kier molecular flexibility index (Phi) is 8.03. The largest absolute Gasteiger partial charge is 0.481 e. The van der Waals surface area contributed by atoms with Gasteiger partial charge in [-0.3, -0.25) is 9.59 Å². The van der Waals surface area contributed by atoms with Gasteiger partial charge in [0.2, 0.25) is 6.79 Å². The molecule has 0 aromatic heterocycles. The Hall–Kier alpha value is -3.60. The molecule has 0 saturated heterocycles. The van der Waals surface area contributed by atoms with Gasteiger partial charge in [0, 0.05) is 5.56 Å². The van der Waals surface area contributed by atoms with E-state index in [2.05, 4.69) is 31.8 Å². The quantitative estimate of drug-likeness (QED) is 0.303. The van der Waals surface area contributed by atoms with Crippen molar-refractivity contribution in [3.05, 3.63) is 52.0 Å². The zero-order chi connectivity index (χ0) is 22.9. The molecule has 2 N–H and O–H groups in total. The lowest BCUT2D eigenvalue weighted by atomic mass is 10.2. The highest BCUT2D eigenvalue weighted by Gasteiger charge is 2.16. The maximum absolute atomic E-state index is 12.2. The number of nitrogens with one attached hydrogen (secondary N) is 2. The Balaban J connectivity index is 1.44. The van der Waals surface area contributed by atoms with Crippen LogP contribution in [0, 0.1) is 0 Å². The molecule has 1 aliphatic heterocycles. The van der Waals surface area contributed by atoms with E-state index in [0.29, 0.717) is 32.8 Å². The molecule has 2 aromatic carbocycles. The van der Waals surface area contributed by atoms with Crippen LogP contribution in [0.3, 0.4) is 0 Å². The van der Waals surface area contributed by atoms with Crippen LogP contribution in [0.25, 0.3) is 0 Å². The fraction of sp³-hybridized carbons (Fsp3) is 0.238. The maximum Gasteiger partial charge on any atom is 0.344 e. The Morgan fingerprint density at radius 2 is 1.97 bits per heavy atom. The lowest BCUT2D eigenvalue weighted by molar-refractivity contribution is -0.145. The van der Waals surface area contributed by atoms with Crippen molar-refractivity contribution in [2.24, 2.45) is 5.10 Å². The van der Waals surface area contributed by atoms with E-state index in [1.54, 1.807) is 43.3 Å². The first kappa shape index (κ1) is 23.1. The predicted octanol–water partition coefficient (Wildman–Crippen LogP) is 2.00. The van der Waals surface area contributed by atoms with Gasteiger partial charge in [0.1, 0.15) is 5.75 Å². The molecule has 0 saturated carbocycles. The first-order valence-electron chi connectivity index (χ1n) is 9.54. The second-order valence-corrected chi connectivity index (χ2v) is 7.18. The highest BCUT2D eigenvalue weighted by Crippen LogP contribution is 2.32.